The second-order valence-electron chi connectivity index (χ2n) is 6.66. The molecule has 0 aliphatic heterocycles. The fraction of sp³-hybridized carbons (Fsp3) is 0.227. The lowest BCUT2D eigenvalue weighted by Crippen LogP contribution is -1.93. The van der Waals surface area contributed by atoms with Crippen molar-refractivity contribution >= 4 is 11.3 Å². The van der Waals surface area contributed by atoms with Crippen LogP contribution in [0.2, 0.25) is 0 Å². The fourth-order valence-electron chi connectivity index (χ4n) is 3.26. The summed E-state index contributed by atoms with van der Waals surface area (Å²) in [6.45, 7) is 2.06. The van der Waals surface area contributed by atoms with Crippen molar-refractivity contribution in [2.45, 2.75) is 26.2 Å². The Morgan fingerprint density at radius 1 is 0.889 bits per heavy atom. The summed E-state index contributed by atoms with van der Waals surface area (Å²) in [7, 11) is 1.87. The molecule has 4 aromatic rings. The van der Waals surface area contributed by atoms with Crippen LogP contribution in [0.15, 0.2) is 60.0 Å². The van der Waals surface area contributed by atoms with Crippen LogP contribution in [0.3, 0.4) is 0 Å². The van der Waals surface area contributed by atoms with Crippen LogP contribution in [0.25, 0.3) is 22.5 Å². The van der Waals surface area contributed by atoms with E-state index in [4.69, 9.17) is 0 Å². The van der Waals surface area contributed by atoms with Crippen LogP contribution in [0.1, 0.15) is 22.7 Å². The lowest BCUT2D eigenvalue weighted by molar-refractivity contribution is 0.657. The number of rotatable bonds is 6. The van der Waals surface area contributed by atoms with Gasteiger partial charge in [-0.3, -0.25) is 0 Å². The van der Waals surface area contributed by atoms with Crippen molar-refractivity contribution in [3.8, 4) is 22.5 Å². The summed E-state index contributed by atoms with van der Waals surface area (Å²) in [5.74, 6) is 0. The molecule has 0 aliphatic rings. The average Bonchev–Trinajstić information content (AvgIpc) is 3.28. The molecule has 0 atom stereocenters. The van der Waals surface area contributed by atoms with E-state index < -0.39 is 0 Å². The van der Waals surface area contributed by atoms with Crippen LogP contribution in [-0.4, -0.2) is 20.0 Å². The molecule has 0 saturated carbocycles. The van der Waals surface area contributed by atoms with Gasteiger partial charge in [-0.2, -0.15) is 15.0 Å². The van der Waals surface area contributed by atoms with Gasteiger partial charge in [0.05, 0.1) is 10.7 Å². The predicted octanol–water partition coefficient (Wildman–Crippen LogP) is 5.09. The molecule has 4 rings (SSSR count). The van der Waals surface area contributed by atoms with Gasteiger partial charge in [0.15, 0.2) is 0 Å². The van der Waals surface area contributed by atoms with Gasteiger partial charge in [-0.25, -0.2) is 4.98 Å². The van der Waals surface area contributed by atoms with Gasteiger partial charge in [-0.05, 0) is 37.8 Å². The van der Waals surface area contributed by atoms with E-state index in [0.29, 0.717) is 0 Å². The van der Waals surface area contributed by atoms with Crippen LogP contribution in [0.5, 0.6) is 0 Å². The first-order chi connectivity index (χ1) is 13.2. The molecule has 2 aromatic heterocycles. The van der Waals surface area contributed by atoms with Crippen LogP contribution in [0, 0.1) is 6.92 Å². The molecule has 0 unspecified atom stereocenters. The summed E-state index contributed by atoms with van der Waals surface area (Å²) in [6.07, 6.45) is 3.15. The Morgan fingerprint density at radius 2 is 1.63 bits per heavy atom. The zero-order valence-electron chi connectivity index (χ0n) is 15.6. The van der Waals surface area contributed by atoms with E-state index in [0.717, 1.165) is 46.8 Å². The van der Waals surface area contributed by atoms with Crippen LogP contribution in [-0.2, 0) is 19.9 Å². The summed E-state index contributed by atoms with van der Waals surface area (Å²) in [5.41, 5.74) is 6.58. The quantitative estimate of drug-likeness (QED) is 0.472. The maximum Gasteiger partial charge on any atom is 0.121 e. The number of aromatic nitrogens is 4. The number of aryl methyl sites for hydroxylation is 4. The highest BCUT2D eigenvalue weighted by Crippen LogP contribution is 2.29. The number of hydrogen-bond acceptors (Lipinski definition) is 4. The Hall–Kier alpha value is -2.79. The molecular formula is C22H22N4S. The second-order valence-corrected chi connectivity index (χ2v) is 7.73. The predicted molar refractivity (Wildman–Crippen MR) is 111 cm³/mol. The number of hydrogen-bond donors (Lipinski definition) is 0. The van der Waals surface area contributed by atoms with E-state index in [2.05, 4.69) is 63.9 Å². The molecule has 0 fully saturated rings. The summed E-state index contributed by atoms with van der Waals surface area (Å²) < 4.78 is 0. The monoisotopic (exact) mass is 374 g/mol. The standard InChI is InChI=1S/C22H22N4S/c1-16-23-20(15-27-16)13-7-9-17-8-6-12-19(14-17)22-21(24-26(2)25-22)18-10-4-3-5-11-18/h3-6,8,10-12,14-15H,7,9,13H2,1-2H3. The number of nitrogens with zero attached hydrogens (tertiary/aromatic N) is 4. The molecule has 5 heteroatoms. The molecule has 0 saturated heterocycles. The van der Waals surface area contributed by atoms with Gasteiger partial charge in [0.1, 0.15) is 11.4 Å². The lowest BCUT2D eigenvalue weighted by atomic mass is 10.0. The van der Waals surface area contributed by atoms with E-state index >= 15 is 0 Å². The minimum absolute atomic E-state index is 0.924. The molecule has 4 nitrogen and oxygen atoms in total. The van der Waals surface area contributed by atoms with Crippen molar-refractivity contribution < 1.29 is 0 Å². The molecule has 136 valence electrons. The Bertz CT molecular complexity index is 1030. The van der Waals surface area contributed by atoms with Crippen molar-refractivity contribution in [1.29, 1.82) is 0 Å². The minimum atomic E-state index is 0.924. The van der Waals surface area contributed by atoms with E-state index in [1.54, 1.807) is 16.1 Å². The molecule has 27 heavy (non-hydrogen) atoms. The highest BCUT2D eigenvalue weighted by molar-refractivity contribution is 7.09. The Balaban J connectivity index is 1.54. The highest BCUT2D eigenvalue weighted by Gasteiger charge is 2.14. The Kier molecular flexibility index (Phi) is 5.12. The Labute approximate surface area is 163 Å². The van der Waals surface area contributed by atoms with Crippen LogP contribution in [0.4, 0.5) is 0 Å². The summed E-state index contributed by atoms with van der Waals surface area (Å²) in [5, 5.41) is 12.5. The molecule has 0 spiro atoms. The number of benzene rings is 2. The molecule has 0 radical (unpaired) electrons. The minimum Gasteiger partial charge on any atom is -0.247 e. The van der Waals surface area contributed by atoms with Crippen LogP contribution >= 0.6 is 11.3 Å². The highest BCUT2D eigenvalue weighted by atomic mass is 32.1. The normalized spacial score (nSPS) is 11.0. The zero-order valence-corrected chi connectivity index (χ0v) is 16.4. The van der Waals surface area contributed by atoms with Crippen molar-refractivity contribution in [2.24, 2.45) is 7.05 Å². The third-order valence-electron chi connectivity index (χ3n) is 4.53. The van der Waals surface area contributed by atoms with Gasteiger partial charge in [0.2, 0.25) is 0 Å². The summed E-state index contributed by atoms with van der Waals surface area (Å²) in [6, 6.07) is 18.9. The fourth-order valence-corrected chi connectivity index (χ4v) is 3.91. The molecule has 2 heterocycles. The van der Waals surface area contributed by atoms with E-state index in [9.17, 15) is 0 Å². The molecular weight excluding hydrogens is 352 g/mol. The first-order valence-electron chi connectivity index (χ1n) is 9.16. The maximum absolute atomic E-state index is 4.63. The van der Waals surface area contributed by atoms with E-state index in [-0.39, 0.29) is 0 Å². The van der Waals surface area contributed by atoms with Crippen molar-refractivity contribution in [3.63, 3.8) is 0 Å². The SMILES string of the molecule is Cc1nc(CCCc2cccc(-c3nn(C)nc3-c3ccccc3)c2)cs1. The first kappa shape index (κ1) is 17.6. The molecule has 0 amide bonds. The Morgan fingerprint density at radius 3 is 2.37 bits per heavy atom. The van der Waals surface area contributed by atoms with Gasteiger partial charge in [-0.15, -0.1) is 11.3 Å². The van der Waals surface area contributed by atoms with Crippen molar-refractivity contribution in [3.05, 3.63) is 76.2 Å². The number of thiazole rings is 1. The van der Waals surface area contributed by atoms with Gasteiger partial charge in [0, 0.05) is 23.6 Å². The molecule has 0 N–H and O–H groups in total. The van der Waals surface area contributed by atoms with Gasteiger partial charge >= 0.3 is 0 Å². The summed E-state index contributed by atoms with van der Waals surface area (Å²) in [4.78, 5) is 6.20. The summed E-state index contributed by atoms with van der Waals surface area (Å²) >= 11 is 1.72. The van der Waals surface area contributed by atoms with Gasteiger partial charge < -0.3 is 0 Å². The smallest absolute Gasteiger partial charge is 0.121 e. The third-order valence-corrected chi connectivity index (χ3v) is 5.35. The van der Waals surface area contributed by atoms with Gasteiger partial charge in [0.25, 0.3) is 0 Å². The average molecular weight is 375 g/mol. The third kappa shape index (κ3) is 4.14. The van der Waals surface area contributed by atoms with Crippen LogP contribution < -0.4 is 0 Å². The topological polar surface area (TPSA) is 43.6 Å². The molecule has 0 aliphatic carbocycles. The van der Waals surface area contributed by atoms with Crippen molar-refractivity contribution in [1.82, 2.24) is 20.0 Å². The van der Waals surface area contributed by atoms with E-state index in [1.807, 2.05) is 25.2 Å². The lowest BCUT2D eigenvalue weighted by Gasteiger charge is -2.05. The second kappa shape index (κ2) is 7.84. The molecule has 0 bridgehead atoms. The van der Waals surface area contributed by atoms with Gasteiger partial charge in [-0.1, -0.05) is 48.5 Å². The largest absolute Gasteiger partial charge is 0.247 e. The van der Waals surface area contributed by atoms with E-state index in [1.165, 1.54) is 11.3 Å². The molecule has 2 aromatic carbocycles. The first-order valence-corrected chi connectivity index (χ1v) is 10.0. The van der Waals surface area contributed by atoms with Crippen molar-refractivity contribution in [2.75, 3.05) is 0 Å². The zero-order chi connectivity index (χ0) is 18.6. The maximum atomic E-state index is 4.63.